The molecule has 3 nitrogen and oxygen atoms in total. The van der Waals surface area contributed by atoms with E-state index in [9.17, 15) is 4.57 Å². The van der Waals surface area contributed by atoms with Crippen molar-refractivity contribution in [3.05, 3.63) is 37.7 Å². The monoisotopic (exact) mass is 216 g/mol. The van der Waals surface area contributed by atoms with Crippen molar-refractivity contribution in [2.75, 3.05) is 13.2 Å². The molecule has 0 saturated heterocycles. The van der Waals surface area contributed by atoms with Crippen LogP contribution in [0.25, 0.3) is 0 Å². The minimum atomic E-state index is -3.09. The maximum atomic E-state index is 11.7. The van der Waals surface area contributed by atoms with Gasteiger partial charge in [0, 0.05) is 5.82 Å². The fourth-order valence-corrected chi connectivity index (χ4v) is 1.67. The maximum Gasteiger partial charge on any atom is 0.353 e. The third-order valence-electron chi connectivity index (χ3n) is 1.41. The number of rotatable bonds is 9. The first-order valence-corrected chi connectivity index (χ1v) is 6.04. The van der Waals surface area contributed by atoms with E-state index in [1.165, 1.54) is 5.82 Å². The second-order valence-electron chi connectivity index (χ2n) is 2.54. The van der Waals surface area contributed by atoms with Crippen molar-refractivity contribution in [1.29, 1.82) is 0 Å². The molecule has 0 atom stereocenters. The molecule has 4 heteroatoms. The predicted molar refractivity (Wildman–Crippen MR) is 59.3 cm³/mol. The van der Waals surface area contributed by atoms with E-state index >= 15 is 0 Å². The summed E-state index contributed by atoms with van der Waals surface area (Å²) in [6.45, 7) is 11.2. The van der Waals surface area contributed by atoms with Gasteiger partial charge in [0.05, 0.1) is 13.2 Å². The molecular formula is C10H17O3P. The Morgan fingerprint density at radius 1 is 1.00 bits per heavy atom. The molecule has 0 aliphatic rings. The summed E-state index contributed by atoms with van der Waals surface area (Å²) >= 11 is 0. The molecule has 0 rings (SSSR count). The molecule has 0 saturated carbocycles. The minimum absolute atomic E-state index is 0.334. The average Bonchev–Trinajstić information content (AvgIpc) is 2.19. The van der Waals surface area contributed by atoms with E-state index in [0.717, 1.165) is 0 Å². The van der Waals surface area contributed by atoms with Crippen LogP contribution in [-0.2, 0) is 13.6 Å². The van der Waals surface area contributed by atoms with Crippen LogP contribution in [0.5, 0.6) is 0 Å². The molecule has 0 fully saturated rings. The Labute approximate surface area is 85.6 Å². The highest BCUT2D eigenvalue weighted by Crippen LogP contribution is 2.49. The van der Waals surface area contributed by atoms with Gasteiger partial charge in [0.1, 0.15) is 0 Å². The first-order valence-electron chi connectivity index (χ1n) is 4.42. The lowest BCUT2D eigenvalue weighted by Crippen LogP contribution is -1.96. The van der Waals surface area contributed by atoms with Crippen LogP contribution in [0.3, 0.4) is 0 Å². The summed E-state index contributed by atoms with van der Waals surface area (Å²) in [5, 5.41) is 0. The summed E-state index contributed by atoms with van der Waals surface area (Å²) in [6, 6.07) is 0. The molecule has 14 heavy (non-hydrogen) atoms. The molecule has 0 aromatic rings. The maximum absolute atomic E-state index is 11.7. The van der Waals surface area contributed by atoms with Crippen LogP contribution in [0.2, 0.25) is 0 Å². The largest absolute Gasteiger partial charge is 0.353 e. The normalized spacial score (nSPS) is 10.9. The summed E-state index contributed by atoms with van der Waals surface area (Å²) in [6.07, 6.45) is 4.67. The summed E-state index contributed by atoms with van der Waals surface area (Å²) in [7, 11) is -3.09. The highest BCUT2D eigenvalue weighted by Gasteiger charge is 2.18. The van der Waals surface area contributed by atoms with Crippen molar-refractivity contribution < 1.29 is 13.6 Å². The van der Waals surface area contributed by atoms with Crippen molar-refractivity contribution in [3.63, 3.8) is 0 Å². The van der Waals surface area contributed by atoms with Crippen molar-refractivity contribution in [3.8, 4) is 0 Å². The molecule has 0 amide bonds. The quantitative estimate of drug-likeness (QED) is 0.336. The second-order valence-corrected chi connectivity index (χ2v) is 4.50. The standard InChI is InChI=1S/C10H17O3P/c1-4-7-9-12-14(11,6-3)13-10-8-5-2/h4-6H,1-3,7-10H2. The van der Waals surface area contributed by atoms with Crippen LogP contribution < -0.4 is 0 Å². The molecule has 0 unspecified atom stereocenters. The fourth-order valence-electron chi connectivity index (χ4n) is 0.669. The van der Waals surface area contributed by atoms with Crippen molar-refractivity contribution >= 4 is 7.60 Å². The lowest BCUT2D eigenvalue weighted by Gasteiger charge is -2.13. The summed E-state index contributed by atoms with van der Waals surface area (Å²) in [5.74, 6) is 1.22. The van der Waals surface area contributed by atoms with Gasteiger partial charge in [-0.05, 0) is 12.8 Å². The van der Waals surface area contributed by atoms with Gasteiger partial charge in [-0.2, -0.15) is 0 Å². The molecule has 0 heterocycles. The van der Waals surface area contributed by atoms with E-state index in [0.29, 0.717) is 26.1 Å². The first-order chi connectivity index (χ1) is 6.68. The molecule has 0 bridgehead atoms. The smallest absolute Gasteiger partial charge is 0.305 e. The Hall–Kier alpha value is -0.630. The fraction of sp³-hybridized carbons (Fsp3) is 0.400. The molecule has 0 aliphatic heterocycles. The van der Waals surface area contributed by atoms with Crippen molar-refractivity contribution in [2.45, 2.75) is 12.8 Å². The highest BCUT2D eigenvalue weighted by molar-refractivity contribution is 7.57. The Morgan fingerprint density at radius 2 is 1.43 bits per heavy atom. The second kappa shape index (κ2) is 7.74. The van der Waals surface area contributed by atoms with E-state index in [1.807, 2.05) is 0 Å². The van der Waals surface area contributed by atoms with Gasteiger partial charge in [0.15, 0.2) is 0 Å². The van der Waals surface area contributed by atoms with Crippen LogP contribution >= 0.6 is 7.60 Å². The van der Waals surface area contributed by atoms with Crippen LogP contribution in [0.15, 0.2) is 37.7 Å². The lowest BCUT2D eigenvalue weighted by molar-refractivity contribution is 0.218. The van der Waals surface area contributed by atoms with E-state index in [1.54, 1.807) is 12.2 Å². The Kier molecular flexibility index (Phi) is 7.40. The zero-order chi connectivity index (χ0) is 10.9. The van der Waals surface area contributed by atoms with Gasteiger partial charge in [-0.15, -0.1) is 13.2 Å². The molecule has 80 valence electrons. The molecule has 0 radical (unpaired) electrons. The Balaban J connectivity index is 3.91. The van der Waals surface area contributed by atoms with E-state index in [2.05, 4.69) is 19.7 Å². The average molecular weight is 216 g/mol. The Bertz CT molecular complexity index is 218. The van der Waals surface area contributed by atoms with Gasteiger partial charge in [-0.25, -0.2) is 0 Å². The topological polar surface area (TPSA) is 35.5 Å². The van der Waals surface area contributed by atoms with E-state index in [-0.39, 0.29) is 0 Å². The van der Waals surface area contributed by atoms with Gasteiger partial charge < -0.3 is 9.05 Å². The van der Waals surface area contributed by atoms with Crippen LogP contribution in [0, 0.1) is 0 Å². The van der Waals surface area contributed by atoms with E-state index in [4.69, 9.17) is 9.05 Å². The van der Waals surface area contributed by atoms with Crippen molar-refractivity contribution in [2.24, 2.45) is 0 Å². The SMILES string of the molecule is C=CCCOP(=O)(C=C)OCCC=C. The number of hydrogen-bond donors (Lipinski definition) is 0. The predicted octanol–water partition coefficient (Wildman–Crippen LogP) is 3.51. The van der Waals surface area contributed by atoms with Gasteiger partial charge >= 0.3 is 7.60 Å². The zero-order valence-electron chi connectivity index (χ0n) is 8.35. The molecule has 0 aromatic carbocycles. The molecular weight excluding hydrogens is 199 g/mol. The summed E-state index contributed by atoms with van der Waals surface area (Å²) in [5.41, 5.74) is 0. The van der Waals surface area contributed by atoms with Gasteiger partial charge in [-0.3, -0.25) is 4.57 Å². The van der Waals surface area contributed by atoms with Crippen LogP contribution in [-0.4, -0.2) is 13.2 Å². The number of hydrogen-bond acceptors (Lipinski definition) is 3. The van der Waals surface area contributed by atoms with Gasteiger partial charge in [0.2, 0.25) is 0 Å². The van der Waals surface area contributed by atoms with E-state index < -0.39 is 7.60 Å². The van der Waals surface area contributed by atoms with Gasteiger partial charge in [0.25, 0.3) is 0 Å². The van der Waals surface area contributed by atoms with Crippen LogP contribution in [0.1, 0.15) is 12.8 Å². The third-order valence-corrected chi connectivity index (χ3v) is 2.94. The summed E-state index contributed by atoms with van der Waals surface area (Å²) in [4.78, 5) is 0. The van der Waals surface area contributed by atoms with Crippen molar-refractivity contribution in [1.82, 2.24) is 0 Å². The third kappa shape index (κ3) is 5.92. The van der Waals surface area contributed by atoms with Gasteiger partial charge in [-0.1, -0.05) is 18.7 Å². The lowest BCUT2D eigenvalue weighted by atomic mass is 10.5. The van der Waals surface area contributed by atoms with Crippen LogP contribution in [0.4, 0.5) is 0 Å². The molecule has 0 N–H and O–H groups in total. The Morgan fingerprint density at radius 3 is 1.71 bits per heavy atom. The first kappa shape index (κ1) is 13.4. The molecule has 0 spiro atoms. The molecule has 0 aromatic heterocycles. The summed E-state index contributed by atoms with van der Waals surface area (Å²) < 4.78 is 21.9. The molecule has 0 aliphatic carbocycles. The zero-order valence-corrected chi connectivity index (χ0v) is 9.25. The minimum Gasteiger partial charge on any atom is -0.305 e. The highest BCUT2D eigenvalue weighted by atomic mass is 31.2.